The van der Waals surface area contributed by atoms with E-state index in [1.54, 1.807) is 0 Å². The van der Waals surface area contributed by atoms with Gasteiger partial charge in [-0.1, -0.05) is 0 Å². The molecule has 2 rings (SSSR count). The number of oxazole rings is 1. The zero-order chi connectivity index (χ0) is 12.6. The van der Waals surface area contributed by atoms with Crippen molar-refractivity contribution in [2.24, 2.45) is 0 Å². The molecule has 1 unspecified atom stereocenters. The van der Waals surface area contributed by atoms with E-state index in [0.29, 0.717) is 24.6 Å². The van der Waals surface area contributed by atoms with Crippen LogP contribution in [-0.4, -0.2) is 42.9 Å². The maximum Gasteiger partial charge on any atom is 0.208 e. The molecule has 0 N–H and O–H groups in total. The Balaban J connectivity index is 2.00. The Bertz CT molecular complexity index is 487. The Labute approximate surface area is 102 Å². The second-order valence-electron chi connectivity index (χ2n) is 4.72. The van der Waals surface area contributed by atoms with Gasteiger partial charge in [-0.05, 0) is 27.3 Å². The lowest BCUT2D eigenvalue weighted by Gasteiger charge is -2.20. The van der Waals surface area contributed by atoms with Crippen LogP contribution in [-0.2, 0) is 16.4 Å². The van der Waals surface area contributed by atoms with Gasteiger partial charge in [-0.25, -0.2) is 13.4 Å². The topological polar surface area (TPSA) is 63.4 Å². The molecule has 1 aliphatic heterocycles. The highest BCUT2D eigenvalue weighted by Crippen LogP contribution is 2.19. The van der Waals surface area contributed by atoms with E-state index in [0.717, 1.165) is 11.5 Å². The smallest absolute Gasteiger partial charge is 0.208 e. The molecule has 1 aromatic rings. The number of aryl methyl sites for hydroxylation is 2. The molecule has 2 heterocycles. The fourth-order valence-corrected chi connectivity index (χ4v) is 3.88. The highest BCUT2D eigenvalue weighted by molar-refractivity contribution is 7.91. The summed E-state index contributed by atoms with van der Waals surface area (Å²) in [6.45, 7) is 4.35. The fourth-order valence-electron chi connectivity index (χ4n) is 2.07. The van der Waals surface area contributed by atoms with Crippen LogP contribution < -0.4 is 0 Å². The molecule has 5 nitrogen and oxygen atoms in total. The molecule has 0 aliphatic carbocycles. The van der Waals surface area contributed by atoms with Gasteiger partial charge in [0.2, 0.25) is 5.89 Å². The first kappa shape index (κ1) is 12.6. The SMILES string of the molecule is Cc1nc(CN(C)C2CCS(=O)(=O)C2)oc1C. The van der Waals surface area contributed by atoms with Gasteiger partial charge >= 0.3 is 0 Å². The minimum Gasteiger partial charge on any atom is -0.444 e. The number of rotatable bonds is 3. The van der Waals surface area contributed by atoms with Crippen molar-refractivity contribution in [1.29, 1.82) is 0 Å². The summed E-state index contributed by atoms with van der Waals surface area (Å²) in [5.74, 6) is 2.03. The van der Waals surface area contributed by atoms with Gasteiger partial charge in [-0.3, -0.25) is 4.90 Å². The van der Waals surface area contributed by atoms with Crippen LogP contribution in [0.25, 0.3) is 0 Å². The average Bonchev–Trinajstić information content (AvgIpc) is 2.71. The van der Waals surface area contributed by atoms with Crippen molar-refractivity contribution in [2.45, 2.75) is 32.9 Å². The van der Waals surface area contributed by atoms with Gasteiger partial charge in [-0.15, -0.1) is 0 Å². The Morgan fingerprint density at radius 1 is 1.47 bits per heavy atom. The maximum atomic E-state index is 11.4. The largest absolute Gasteiger partial charge is 0.444 e. The van der Waals surface area contributed by atoms with E-state index in [1.165, 1.54) is 0 Å². The van der Waals surface area contributed by atoms with E-state index in [1.807, 2.05) is 25.8 Å². The second kappa shape index (κ2) is 4.42. The van der Waals surface area contributed by atoms with Crippen LogP contribution in [0.4, 0.5) is 0 Å². The number of nitrogens with zero attached hydrogens (tertiary/aromatic N) is 2. The highest BCUT2D eigenvalue weighted by Gasteiger charge is 2.31. The van der Waals surface area contributed by atoms with Crippen LogP contribution >= 0.6 is 0 Å². The Morgan fingerprint density at radius 2 is 2.18 bits per heavy atom. The molecular weight excluding hydrogens is 240 g/mol. The van der Waals surface area contributed by atoms with Crippen molar-refractivity contribution in [3.05, 3.63) is 17.3 Å². The van der Waals surface area contributed by atoms with Crippen LogP contribution in [0.2, 0.25) is 0 Å². The molecule has 1 fully saturated rings. The standard InChI is InChI=1S/C11H18N2O3S/c1-8-9(2)16-11(12-8)6-13(3)10-4-5-17(14,15)7-10/h10H,4-7H2,1-3H3. The summed E-state index contributed by atoms with van der Waals surface area (Å²) in [4.78, 5) is 6.31. The number of hydrogen-bond acceptors (Lipinski definition) is 5. The molecule has 0 radical (unpaired) electrons. The number of hydrogen-bond donors (Lipinski definition) is 0. The lowest BCUT2D eigenvalue weighted by molar-refractivity contribution is 0.228. The van der Waals surface area contributed by atoms with E-state index >= 15 is 0 Å². The number of aromatic nitrogens is 1. The summed E-state index contributed by atoms with van der Waals surface area (Å²) in [5, 5.41) is 0. The van der Waals surface area contributed by atoms with Gasteiger partial charge in [0, 0.05) is 6.04 Å². The normalized spacial score (nSPS) is 23.4. The van der Waals surface area contributed by atoms with E-state index in [9.17, 15) is 8.42 Å². The van der Waals surface area contributed by atoms with E-state index in [4.69, 9.17) is 4.42 Å². The summed E-state index contributed by atoms with van der Waals surface area (Å²) in [6.07, 6.45) is 0.706. The molecule has 0 spiro atoms. The Morgan fingerprint density at radius 3 is 2.65 bits per heavy atom. The Hall–Kier alpha value is -0.880. The third-order valence-corrected chi connectivity index (χ3v) is 5.04. The molecule has 0 aromatic carbocycles. The van der Waals surface area contributed by atoms with Crippen molar-refractivity contribution in [1.82, 2.24) is 9.88 Å². The van der Waals surface area contributed by atoms with Crippen molar-refractivity contribution < 1.29 is 12.8 Å². The summed E-state index contributed by atoms with van der Waals surface area (Å²) >= 11 is 0. The molecule has 96 valence electrons. The van der Waals surface area contributed by atoms with Crippen LogP contribution in [0, 0.1) is 13.8 Å². The van der Waals surface area contributed by atoms with Gasteiger partial charge in [0.15, 0.2) is 9.84 Å². The summed E-state index contributed by atoms with van der Waals surface area (Å²) in [5.41, 5.74) is 0.896. The molecule has 6 heteroatoms. The van der Waals surface area contributed by atoms with Crippen molar-refractivity contribution in [3.8, 4) is 0 Å². The highest BCUT2D eigenvalue weighted by atomic mass is 32.2. The average molecular weight is 258 g/mol. The zero-order valence-corrected chi connectivity index (χ0v) is 11.2. The molecular formula is C11H18N2O3S. The molecule has 0 bridgehead atoms. The lowest BCUT2D eigenvalue weighted by atomic mass is 10.2. The third kappa shape index (κ3) is 2.87. The quantitative estimate of drug-likeness (QED) is 0.806. The second-order valence-corrected chi connectivity index (χ2v) is 6.95. The van der Waals surface area contributed by atoms with Crippen molar-refractivity contribution >= 4 is 9.84 Å². The van der Waals surface area contributed by atoms with Gasteiger partial charge in [0.1, 0.15) is 5.76 Å². The van der Waals surface area contributed by atoms with Crippen molar-refractivity contribution in [2.75, 3.05) is 18.6 Å². The predicted molar refractivity (Wildman–Crippen MR) is 64.5 cm³/mol. The molecule has 0 saturated carbocycles. The summed E-state index contributed by atoms with van der Waals surface area (Å²) < 4.78 is 28.3. The zero-order valence-electron chi connectivity index (χ0n) is 10.4. The predicted octanol–water partition coefficient (Wildman–Crippen LogP) is 0.910. The third-order valence-electron chi connectivity index (χ3n) is 3.29. The first-order chi connectivity index (χ1) is 7.87. The van der Waals surface area contributed by atoms with Gasteiger partial charge in [0.25, 0.3) is 0 Å². The van der Waals surface area contributed by atoms with Gasteiger partial charge in [0.05, 0.1) is 23.7 Å². The fraction of sp³-hybridized carbons (Fsp3) is 0.727. The maximum absolute atomic E-state index is 11.4. The first-order valence-electron chi connectivity index (χ1n) is 5.71. The first-order valence-corrected chi connectivity index (χ1v) is 7.53. The molecule has 1 atom stereocenters. The van der Waals surface area contributed by atoms with Crippen molar-refractivity contribution in [3.63, 3.8) is 0 Å². The van der Waals surface area contributed by atoms with E-state index < -0.39 is 9.84 Å². The van der Waals surface area contributed by atoms with E-state index in [2.05, 4.69) is 4.98 Å². The van der Waals surface area contributed by atoms with Gasteiger partial charge in [-0.2, -0.15) is 0 Å². The van der Waals surface area contributed by atoms with E-state index in [-0.39, 0.29) is 11.8 Å². The molecule has 1 saturated heterocycles. The van der Waals surface area contributed by atoms with Crippen LogP contribution in [0.1, 0.15) is 23.8 Å². The number of sulfone groups is 1. The minimum atomic E-state index is -2.83. The monoisotopic (exact) mass is 258 g/mol. The minimum absolute atomic E-state index is 0.0903. The van der Waals surface area contributed by atoms with Crippen LogP contribution in [0.3, 0.4) is 0 Å². The lowest BCUT2D eigenvalue weighted by Crippen LogP contribution is -2.32. The van der Waals surface area contributed by atoms with Crippen LogP contribution in [0.5, 0.6) is 0 Å². The summed E-state index contributed by atoms with van der Waals surface area (Å²) in [7, 11) is -0.911. The molecule has 1 aliphatic rings. The molecule has 0 amide bonds. The molecule has 1 aromatic heterocycles. The van der Waals surface area contributed by atoms with Gasteiger partial charge < -0.3 is 4.42 Å². The molecule has 17 heavy (non-hydrogen) atoms. The summed E-state index contributed by atoms with van der Waals surface area (Å²) in [6, 6.07) is 0.0903. The van der Waals surface area contributed by atoms with Crippen LogP contribution in [0.15, 0.2) is 4.42 Å². The Kier molecular flexibility index (Phi) is 3.27.